The van der Waals surface area contributed by atoms with Gasteiger partial charge in [0.05, 0.1) is 5.57 Å². The van der Waals surface area contributed by atoms with Gasteiger partial charge in [0.2, 0.25) is 0 Å². The van der Waals surface area contributed by atoms with Crippen LogP contribution in [-0.2, 0) is 4.79 Å². The zero-order chi connectivity index (χ0) is 21.7. The van der Waals surface area contributed by atoms with Crippen molar-refractivity contribution >= 4 is 5.97 Å². The first-order valence-electron chi connectivity index (χ1n) is 12.8. The minimum absolute atomic E-state index is 0.523. The standard InChI is InChI=1S/C26H51NO2/c1-5-8-9-10-11-12-13-14-15-16-17-18-19-20-21-22-23-25(24(4)26(28)29)27(6-2)7-3/h5-23H2,1-4H3,(H,28,29)/b25-24+. The van der Waals surface area contributed by atoms with Gasteiger partial charge in [-0.3, -0.25) is 0 Å². The Morgan fingerprint density at radius 2 is 0.966 bits per heavy atom. The van der Waals surface area contributed by atoms with Crippen LogP contribution in [0.3, 0.4) is 0 Å². The molecule has 0 bridgehead atoms. The third-order valence-electron chi connectivity index (χ3n) is 6.17. The maximum Gasteiger partial charge on any atom is 0.333 e. The highest BCUT2D eigenvalue weighted by atomic mass is 16.4. The van der Waals surface area contributed by atoms with Crippen LogP contribution in [0.1, 0.15) is 137 Å². The van der Waals surface area contributed by atoms with Crippen LogP contribution in [0.5, 0.6) is 0 Å². The van der Waals surface area contributed by atoms with Gasteiger partial charge in [0.1, 0.15) is 0 Å². The molecule has 0 atom stereocenters. The average Bonchev–Trinajstić information content (AvgIpc) is 2.72. The summed E-state index contributed by atoms with van der Waals surface area (Å²) in [5, 5.41) is 9.34. The molecule has 0 aliphatic rings. The Morgan fingerprint density at radius 3 is 1.28 bits per heavy atom. The fraction of sp³-hybridized carbons (Fsp3) is 0.885. The van der Waals surface area contributed by atoms with Crippen LogP contribution in [0.15, 0.2) is 11.3 Å². The molecule has 0 saturated heterocycles. The molecular weight excluding hydrogens is 358 g/mol. The maximum atomic E-state index is 11.4. The number of carboxylic acid groups (broad SMARTS) is 1. The van der Waals surface area contributed by atoms with E-state index in [0.29, 0.717) is 5.57 Å². The molecule has 0 aromatic carbocycles. The molecule has 0 rings (SSSR count). The molecule has 29 heavy (non-hydrogen) atoms. The lowest BCUT2D eigenvalue weighted by atomic mass is 10.0. The van der Waals surface area contributed by atoms with Gasteiger partial charge in [0.25, 0.3) is 0 Å². The monoisotopic (exact) mass is 409 g/mol. The summed E-state index contributed by atoms with van der Waals surface area (Å²) in [6.07, 6.45) is 22.8. The van der Waals surface area contributed by atoms with E-state index in [1.54, 1.807) is 6.92 Å². The molecule has 0 unspecified atom stereocenters. The van der Waals surface area contributed by atoms with Crippen molar-refractivity contribution in [3.05, 3.63) is 11.3 Å². The van der Waals surface area contributed by atoms with Crippen molar-refractivity contribution in [1.29, 1.82) is 0 Å². The molecule has 0 aromatic rings. The van der Waals surface area contributed by atoms with Crippen molar-refractivity contribution in [1.82, 2.24) is 4.90 Å². The molecule has 0 amide bonds. The van der Waals surface area contributed by atoms with E-state index in [1.807, 2.05) is 0 Å². The molecule has 172 valence electrons. The normalized spacial score (nSPS) is 12.1. The smallest absolute Gasteiger partial charge is 0.333 e. The van der Waals surface area contributed by atoms with Gasteiger partial charge >= 0.3 is 5.97 Å². The molecule has 0 aromatic heterocycles. The third-order valence-corrected chi connectivity index (χ3v) is 6.17. The van der Waals surface area contributed by atoms with Crippen molar-refractivity contribution in [3.63, 3.8) is 0 Å². The second-order valence-corrected chi connectivity index (χ2v) is 8.60. The minimum atomic E-state index is -0.775. The van der Waals surface area contributed by atoms with E-state index in [9.17, 15) is 9.90 Å². The number of hydrogen-bond donors (Lipinski definition) is 1. The molecule has 0 fully saturated rings. The third kappa shape index (κ3) is 15.5. The van der Waals surface area contributed by atoms with E-state index < -0.39 is 5.97 Å². The lowest BCUT2D eigenvalue weighted by Crippen LogP contribution is -2.25. The average molecular weight is 410 g/mol. The molecule has 1 N–H and O–H groups in total. The molecule has 0 aliphatic carbocycles. The summed E-state index contributed by atoms with van der Waals surface area (Å²) in [5.41, 5.74) is 1.56. The number of rotatable bonds is 21. The molecule has 0 radical (unpaired) electrons. The van der Waals surface area contributed by atoms with Gasteiger partial charge in [-0.1, -0.05) is 103 Å². The van der Waals surface area contributed by atoms with Gasteiger partial charge in [-0.05, 0) is 33.6 Å². The Hall–Kier alpha value is -0.990. The summed E-state index contributed by atoms with van der Waals surface area (Å²) >= 11 is 0. The fourth-order valence-electron chi connectivity index (χ4n) is 4.15. The van der Waals surface area contributed by atoms with E-state index in [1.165, 1.54) is 96.3 Å². The summed E-state index contributed by atoms with van der Waals surface area (Å²) in [5.74, 6) is -0.775. The number of aliphatic carboxylic acids is 1. The summed E-state index contributed by atoms with van der Waals surface area (Å²) in [4.78, 5) is 13.6. The molecule has 3 nitrogen and oxygen atoms in total. The van der Waals surface area contributed by atoms with Crippen molar-refractivity contribution < 1.29 is 9.90 Å². The van der Waals surface area contributed by atoms with Crippen LogP contribution < -0.4 is 0 Å². The van der Waals surface area contributed by atoms with Crippen LogP contribution in [0.25, 0.3) is 0 Å². The number of carboxylic acids is 1. The van der Waals surface area contributed by atoms with Crippen molar-refractivity contribution in [2.24, 2.45) is 0 Å². The zero-order valence-corrected chi connectivity index (χ0v) is 20.2. The van der Waals surface area contributed by atoms with Gasteiger partial charge in [-0.2, -0.15) is 0 Å². The zero-order valence-electron chi connectivity index (χ0n) is 20.2. The van der Waals surface area contributed by atoms with E-state index >= 15 is 0 Å². The second-order valence-electron chi connectivity index (χ2n) is 8.60. The van der Waals surface area contributed by atoms with Gasteiger partial charge < -0.3 is 10.0 Å². The van der Waals surface area contributed by atoms with Crippen LogP contribution in [0.4, 0.5) is 0 Å². The quantitative estimate of drug-likeness (QED) is 0.153. The Balaban J connectivity index is 3.62. The van der Waals surface area contributed by atoms with Gasteiger partial charge in [0, 0.05) is 18.8 Å². The fourth-order valence-corrected chi connectivity index (χ4v) is 4.15. The van der Waals surface area contributed by atoms with Crippen LogP contribution in [0.2, 0.25) is 0 Å². The summed E-state index contributed by atoms with van der Waals surface area (Å²) in [6.45, 7) is 10.0. The van der Waals surface area contributed by atoms with E-state index in [0.717, 1.165) is 31.6 Å². The molecular formula is C26H51NO2. The maximum absolute atomic E-state index is 11.4. The topological polar surface area (TPSA) is 40.5 Å². The van der Waals surface area contributed by atoms with E-state index in [2.05, 4.69) is 25.7 Å². The SMILES string of the molecule is CCCCCCCCCCCCCCCCCC/C(=C(/C)C(=O)O)N(CC)CC. The Morgan fingerprint density at radius 1 is 0.621 bits per heavy atom. The first-order chi connectivity index (χ1) is 14.1. The summed E-state index contributed by atoms with van der Waals surface area (Å²) in [6, 6.07) is 0. The van der Waals surface area contributed by atoms with Crippen molar-refractivity contribution in [3.8, 4) is 0 Å². The number of allylic oxidation sites excluding steroid dienone is 1. The number of unbranched alkanes of at least 4 members (excludes halogenated alkanes) is 15. The van der Waals surface area contributed by atoms with Crippen LogP contribution in [-0.4, -0.2) is 29.1 Å². The summed E-state index contributed by atoms with van der Waals surface area (Å²) in [7, 11) is 0. The van der Waals surface area contributed by atoms with Crippen molar-refractivity contribution in [2.45, 2.75) is 137 Å². The molecule has 0 aliphatic heterocycles. The Kier molecular flexibility index (Phi) is 19.6. The number of nitrogens with zero attached hydrogens (tertiary/aromatic N) is 1. The number of carbonyl (C=O) groups is 1. The highest BCUT2D eigenvalue weighted by Crippen LogP contribution is 2.20. The van der Waals surface area contributed by atoms with Gasteiger partial charge in [-0.25, -0.2) is 4.79 Å². The van der Waals surface area contributed by atoms with Crippen LogP contribution in [0, 0.1) is 0 Å². The number of hydrogen-bond acceptors (Lipinski definition) is 2. The Bertz CT molecular complexity index is 413. The van der Waals surface area contributed by atoms with Gasteiger partial charge in [-0.15, -0.1) is 0 Å². The molecule has 0 heterocycles. The van der Waals surface area contributed by atoms with Gasteiger partial charge in [0.15, 0.2) is 0 Å². The first kappa shape index (κ1) is 28.0. The second kappa shape index (κ2) is 20.3. The highest BCUT2D eigenvalue weighted by Gasteiger charge is 2.14. The minimum Gasteiger partial charge on any atom is -0.478 e. The predicted octanol–water partition coefficient (Wildman–Crippen LogP) is 8.34. The van der Waals surface area contributed by atoms with Crippen LogP contribution >= 0.6 is 0 Å². The molecule has 0 saturated carbocycles. The lowest BCUT2D eigenvalue weighted by Gasteiger charge is -2.26. The Labute approximate surface area is 182 Å². The largest absolute Gasteiger partial charge is 0.478 e. The van der Waals surface area contributed by atoms with E-state index in [4.69, 9.17) is 0 Å². The van der Waals surface area contributed by atoms with E-state index in [-0.39, 0.29) is 0 Å². The predicted molar refractivity (Wildman–Crippen MR) is 127 cm³/mol. The lowest BCUT2D eigenvalue weighted by molar-refractivity contribution is -0.132. The van der Waals surface area contributed by atoms with Crippen molar-refractivity contribution in [2.75, 3.05) is 13.1 Å². The highest BCUT2D eigenvalue weighted by molar-refractivity contribution is 5.86. The summed E-state index contributed by atoms with van der Waals surface area (Å²) < 4.78 is 0. The first-order valence-corrected chi connectivity index (χ1v) is 12.8. The molecule has 0 spiro atoms. The molecule has 3 heteroatoms.